The van der Waals surface area contributed by atoms with Crippen LogP contribution >= 0.6 is 0 Å². The summed E-state index contributed by atoms with van der Waals surface area (Å²) in [6.45, 7) is 6.16. The highest BCUT2D eigenvalue weighted by Crippen LogP contribution is 2.46. The standard InChI is InChI=1S/C47H55FN8O6/c1-46(2,48)39-9-5-8-34(50-39)42(58)51-36-24-29-27-55(53-35(29)25-38(36)62-3)31-12-10-28(11-13-31)26-54-22-20-47(21-23-54)18-16-30(17-19-47)49-33-7-4-6-32-41(33)45(61)56(44(32)60)37-14-15-40(57)52-43(37)59/h4-9,24-25,27-28,30-31,37,49H,10-23,26H2,1-3H3,(H,51,58)(H,52,57,59)/t28-,31-,37?. The summed E-state index contributed by atoms with van der Waals surface area (Å²) in [4.78, 5) is 72.3. The number of nitrogens with one attached hydrogen (secondary N) is 3. The van der Waals surface area contributed by atoms with Crippen molar-refractivity contribution in [3.8, 4) is 5.75 Å². The van der Waals surface area contributed by atoms with Crippen LogP contribution in [0.3, 0.4) is 0 Å². The number of benzene rings is 2. The van der Waals surface area contributed by atoms with Crippen LogP contribution in [-0.2, 0) is 15.3 Å². The molecule has 14 nitrogen and oxygen atoms in total. The molecular formula is C47H55FN8O6. The van der Waals surface area contributed by atoms with E-state index < -0.39 is 35.3 Å². The van der Waals surface area contributed by atoms with Crippen LogP contribution < -0.4 is 20.7 Å². The highest BCUT2D eigenvalue weighted by atomic mass is 19.1. The smallest absolute Gasteiger partial charge is 0.274 e. The van der Waals surface area contributed by atoms with Gasteiger partial charge in [-0.05, 0) is 139 Å². The number of halogens is 1. The Morgan fingerprint density at radius 2 is 1.66 bits per heavy atom. The van der Waals surface area contributed by atoms with E-state index in [4.69, 9.17) is 9.84 Å². The lowest BCUT2D eigenvalue weighted by Crippen LogP contribution is -2.54. The van der Waals surface area contributed by atoms with E-state index in [1.165, 1.54) is 26.7 Å². The van der Waals surface area contributed by atoms with Crippen molar-refractivity contribution in [3.63, 3.8) is 0 Å². The van der Waals surface area contributed by atoms with E-state index in [1.807, 2.05) is 18.2 Å². The fraction of sp³-hybridized carbons (Fsp3) is 0.511. The number of rotatable bonds is 10. The van der Waals surface area contributed by atoms with Crippen LogP contribution in [0.4, 0.5) is 15.8 Å². The monoisotopic (exact) mass is 846 g/mol. The summed E-state index contributed by atoms with van der Waals surface area (Å²) >= 11 is 0. The second kappa shape index (κ2) is 16.5. The second-order valence-electron chi connectivity index (χ2n) is 18.6. The lowest BCUT2D eigenvalue weighted by Gasteiger charge is -2.47. The topological polar surface area (TPSA) is 168 Å². The molecule has 2 saturated carbocycles. The number of hydrogen-bond acceptors (Lipinski definition) is 10. The third-order valence-electron chi connectivity index (χ3n) is 14.2. The van der Waals surface area contributed by atoms with E-state index in [-0.39, 0.29) is 36.2 Å². The van der Waals surface area contributed by atoms with Gasteiger partial charge in [0, 0.05) is 42.3 Å². The Morgan fingerprint density at radius 3 is 2.37 bits per heavy atom. The summed E-state index contributed by atoms with van der Waals surface area (Å²) in [6, 6.07) is 13.2. The van der Waals surface area contributed by atoms with Crippen molar-refractivity contribution >= 4 is 51.8 Å². The SMILES string of the molecule is COc1cc2nn([C@H]3CC[C@H](CN4CCC5(CCC(Nc6cccc7c6C(=O)N(C6CCC(=O)NC6=O)C7=O)CC5)CC4)CC3)cc2cc1NC(=O)c1cccc(C(C)(C)F)n1. The Morgan fingerprint density at radius 1 is 0.919 bits per heavy atom. The normalized spacial score (nSPS) is 23.4. The number of piperidine rings is 2. The number of amides is 5. The van der Waals surface area contributed by atoms with Gasteiger partial charge in [0.2, 0.25) is 11.8 Å². The number of aromatic nitrogens is 3. The number of pyridine rings is 1. The lowest BCUT2D eigenvalue weighted by atomic mass is 9.67. The van der Waals surface area contributed by atoms with Crippen molar-refractivity contribution in [2.24, 2.45) is 11.3 Å². The summed E-state index contributed by atoms with van der Waals surface area (Å²) in [5.41, 5.74) is 1.54. The molecule has 1 atom stereocenters. The minimum Gasteiger partial charge on any atom is -0.494 e. The fourth-order valence-electron chi connectivity index (χ4n) is 10.5. The Hall–Kier alpha value is -5.70. The molecule has 5 heterocycles. The third kappa shape index (κ3) is 8.18. The summed E-state index contributed by atoms with van der Waals surface area (Å²) in [5.74, 6) is -1.26. The van der Waals surface area contributed by atoms with Crippen LogP contribution in [-0.4, -0.2) is 92.9 Å². The molecular weight excluding hydrogens is 792 g/mol. The van der Waals surface area contributed by atoms with Gasteiger partial charge in [-0.1, -0.05) is 12.1 Å². The van der Waals surface area contributed by atoms with Crippen molar-refractivity contribution in [1.29, 1.82) is 0 Å². The Labute approximate surface area is 360 Å². The van der Waals surface area contributed by atoms with Crippen molar-refractivity contribution in [3.05, 3.63) is 77.2 Å². The molecule has 2 aliphatic carbocycles. The molecule has 1 spiro atoms. The molecule has 1 unspecified atom stereocenters. The number of likely N-dealkylation sites (tertiary alicyclic amines) is 1. The average molecular weight is 847 g/mol. The molecule has 9 rings (SSSR count). The van der Waals surface area contributed by atoms with Gasteiger partial charge < -0.3 is 20.3 Å². The molecule has 326 valence electrons. The number of fused-ring (bicyclic) bond motifs is 2. The number of ether oxygens (including phenoxy) is 1. The van der Waals surface area contributed by atoms with Gasteiger partial charge >= 0.3 is 0 Å². The highest BCUT2D eigenvalue weighted by Gasteiger charge is 2.46. The first-order chi connectivity index (χ1) is 29.8. The Balaban J connectivity index is 0.745. The van der Waals surface area contributed by atoms with Gasteiger partial charge in [-0.25, -0.2) is 9.37 Å². The number of imide groups is 2. The Bertz CT molecular complexity index is 2420. The molecule has 0 radical (unpaired) electrons. The maximum Gasteiger partial charge on any atom is 0.274 e. The van der Waals surface area contributed by atoms with E-state index in [1.54, 1.807) is 37.4 Å². The molecule has 0 bridgehead atoms. The molecule has 4 aromatic rings. The molecule has 2 aromatic heterocycles. The molecule has 5 amide bonds. The molecule has 2 saturated heterocycles. The van der Waals surface area contributed by atoms with Crippen LogP contribution in [0, 0.1) is 11.3 Å². The average Bonchev–Trinajstić information content (AvgIpc) is 3.79. The maximum atomic E-state index is 14.5. The largest absolute Gasteiger partial charge is 0.494 e. The van der Waals surface area contributed by atoms with Crippen LogP contribution in [0.5, 0.6) is 5.75 Å². The molecule has 5 aliphatic rings. The maximum absolute atomic E-state index is 14.5. The fourth-order valence-corrected chi connectivity index (χ4v) is 10.5. The van der Waals surface area contributed by atoms with E-state index in [2.05, 4.69) is 36.7 Å². The molecule has 3 N–H and O–H groups in total. The van der Waals surface area contributed by atoms with Gasteiger partial charge in [0.05, 0.1) is 41.2 Å². The zero-order valence-electron chi connectivity index (χ0n) is 35.7. The summed E-state index contributed by atoms with van der Waals surface area (Å²) < 4.78 is 22.2. The minimum atomic E-state index is -1.67. The van der Waals surface area contributed by atoms with Gasteiger partial charge in [0.15, 0.2) is 0 Å². The first-order valence-corrected chi connectivity index (χ1v) is 22.2. The van der Waals surface area contributed by atoms with Gasteiger partial charge in [-0.3, -0.25) is 38.9 Å². The number of carbonyl (C=O) groups is 5. The summed E-state index contributed by atoms with van der Waals surface area (Å²) in [6.07, 6.45) is 13.3. The highest BCUT2D eigenvalue weighted by molar-refractivity contribution is 6.25. The predicted octanol–water partition coefficient (Wildman–Crippen LogP) is 7.17. The van der Waals surface area contributed by atoms with E-state index in [9.17, 15) is 28.4 Å². The molecule has 62 heavy (non-hydrogen) atoms. The van der Waals surface area contributed by atoms with Crippen molar-refractivity contribution in [2.45, 2.75) is 115 Å². The van der Waals surface area contributed by atoms with Crippen LogP contribution in [0.15, 0.2) is 54.7 Å². The Kier molecular flexibility index (Phi) is 11.1. The van der Waals surface area contributed by atoms with E-state index in [0.29, 0.717) is 45.6 Å². The van der Waals surface area contributed by atoms with Crippen molar-refractivity contribution < 1.29 is 33.1 Å². The zero-order valence-corrected chi connectivity index (χ0v) is 35.7. The van der Waals surface area contributed by atoms with E-state index in [0.717, 1.165) is 86.8 Å². The number of nitrogens with zero attached hydrogens (tertiary/aromatic N) is 5. The number of anilines is 2. The predicted molar refractivity (Wildman–Crippen MR) is 231 cm³/mol. The first kappa shape index (κ1) is 41.6. The number of hydrogen-bond donors (Lipinski definition) is 3. The molecule has 2 aromatic carbocycles. The van der Waals surface area contributed by atoms with Gasteiger partial charge in [-0.15, -0.1) is 0 Å². The van der Waals surface area contributed by atoms with Crippen LogP contribution in [0.2, 0.25) is 0 Å². The van der Waals surface area contributed by atoms with Crippen molar-refractivity contribution in [1.82, 2.24) is 29.9 Å². The molecule has 3 aliphatic heterocycles. The zero-order chi connectivity index (χ0) is 43.3. The second-order valence-corrected chi connectivity index (χ2v) is 18.6. The summed E-state index contributed by atoms with van der Waals surface area (Å²) in [7, 11) is 1.56. The summed E-state index contributed by atoms with van der Waals surface area (Å²) in [5, 5.41) is 14.6. The number of carbonyl (C=O) groups excluding carboxylic acids is 5. The van der Waals surface area contributed by atoms with Gasteiger partial charge in [0.25, 0.3) is 17.7 Å². The van der Waals surface area contributed by atoms with Gasteiger partial charge in [-0.2, -0.15) is 5.10 Å². The van der Waals surface area contributed by atoms with Crippen LogP contribution in [0.25, 0.3) is 10.9 Å². The third-order valence-corrected chi connectivity index (χ3v) is 14.2. The quantitative estimate of drug-likeness (QED) is 0.139. The number of alkyl halides is 1. The van der Waals surface area contributed by atoms with Crippen LogP contribution in [0.1, 0.15) is 134 Å². The number of methoxy groups -OCH3 is 1. The minimum absolute atomic E-state index is 0.0911. The lowest BCUT2D eigenvalue weighted by molar-refractivity contribution is -0.136. The van der Waals surface area contributed by atoms with Gasteiger partial charge in [0.1, 0.15) is 23.2 Å². The van der Waals surface area contributed by atoms with E-state index >= 15 is 0 Å². The van der Waals surface area contributed by atoms with Crippen molar-refractivity contribution in [2.75, 3.05) is 37.4 Å². The first-order valence-electron chi connectivity index (χ1n) is 22.2. The molecule has 15 heteroatoms. The molecule has 4 fully saturated rings.